The van der Waals surface area contributed by atoms with E-state index in [1.54, 1.807) is 0 Å². The maximum atomic E-state index is 11.8. The van der Waals surface area contributed by atoms with Crippen LogP contribution in [0.2, 0.25) is 0 Å². The highest BCUT2D eigenvalue weighted by atomic mass is 16.6. The van der Waals surface area contributed by atoms with Crippen LogP contribution in [0.3, 0.4) is 0 Å². The van der Waals surface area contributed by atoms with Gasteiger partial charge in [0.2, 0.25) is 0 Å². The molecule has 1 saturated heterocycles. The molecule has 18 heavy (non-hydrogen) atoms. The second kappa shape index (κ2) is 3.53. The van der Waals surface area contributed by atoms with Crippen molar-refractivity contribution in [3.8, 4) is 0 Å². The van der Waals surface area contributed by atoms with E-state index in [1.165, 1.54) is 16.8 Å². The van der Waals surface area contributed by atoms with Crippen molar-refractivity contribution in [2.45, 2.75) is 32.0 Å². The van der Waals surface area contributed by atoms with Gasteiger partial charge in [0.1, 0.15) is 18.1 Å². The summed E-state index contributed by atoms with van der Waals surface area (Å²) in [5.74, 6) is 0.312. The number of aliphatic hydroxyl groups excluding tert-OH is 2. The lowest BCUT2D eigenvalue weighted by Gasteiger charge is -2.21. The van der Waals surface area contributed by atoms with Gasteiger partial charge in [0.05, 0.1) is 0 Å². The van der Waals surface area contributed by atoms with Crippen LogP contribution >= 0.6 is 0 Å². The van der Waals surface area contributed by atoms with Crippen LogP contribution in [0.4, 0.5) is 5.82 Å². The van der Waals surface area contributed by atoms with Crippen LogP contribution in [0.5, 0.6) is 0 Å². The van der Waals surface area contributed by atoms with Crippen LogP contribution in [0.1, 0.15) is 19.6 Å². The predicted molar refractivity (Wildman–Crippen MR) is 61.3 cm³/mol. The van der Waals surface area contributed by atoms with Crippen LogP contribution in [-0.2, 0) is 4.74 Å². The Balaban J connectivity index is 2.04. The molecule has 3 rings (SSSR count). The number of hydrogen-bond acceptors (Lipinski definition) is 6. The number of ether oxygens (including phenoxy) is 1. The summed E-state index contributed by atoms with van der Waals surface area (Å²) in [6.45, 7) is 1.95. The molecule has 1 saturated carbocycles. The van der Waals surface area contributed by atoms with E-state index in [0.29, 0.717) is 6.42 Å². The van der Waals surface area contributed by atoms with E-state index in [9.17, 15) is 15.0 Å². The van der Waals surface area contributed by atoms with Gasteiger partial charge >= 0.3 is 5.69 Å². The smallest absolute Gasteiger partial charge is 0.351 e. The van der Waals surface area contributed by atoms with Gasteiger partial charge in [-0.25, -0.2) is 4.79 Å². The molecule has 98 valence electrons. The second-order valence-electron chi connectivity index (χ2n) is 5.08. The number of nitrogen functional groups attached to an aromatic ring is 1. The van der Waals surface area contributed by atoms with E-state index >= 15 is 0 Å². The molecule has 0 aromatic carbocycles. The fraction of sp³-hybridized carbons (Fsp3) is 0.636. The quantitative estimate of drug-likeness (QED) is 0.595. The molecule has 7 heteroatoms. The zero-order chi connectivity index (χ0) is 13.1. The zero-order valence-electron chi connectivity index (χ0n) is 9.85. The Hall–Kier alpha value is -1.44. The zero-order valence-corrected chi connectivity index (χ0v) is 9.85. The standard InChI is InChI=1S/C11H15N3O4/c1-5-4-11(5)7(15)8(16)18-9(11)14-3-2-6(12)13-10(14)17/h2-3,5,7-9,15-16H,4H2,1H3,(H2,12,13,17). The molecule has 1 aliphatic carbocycles. The fourth-order valence-electron chi connectivity index (χ4n) is 2.90. The largest absolute Gasteiger partial charge is 0.387 e. The highest BCUT2D eigenvalue weighted by molar-refractivity contribution is 5.24. The maximum absolute atomic E-state index is 11.8. The minimum absolute atomic E-state index is 0.133. The number of nitrogens with two attached hydrogens (primary N) is 1. The highest BCUT2D eigenvalue weighted by Gasteiger charge is 2.69. The van der Waals surface area contributed by atoms with Crippen LogP contribution in [-0.4, -0.2) is 32.2 Å². The van der Waals surface area contributed by atoms with Crippen molar-refractivity contribution < 1.29 is 14.9 Å². The Labute approximate surface area is 103 Å². The molecule has 4 N–H and O–H groups in total. The molecule has 5 atom stereocenters. The normalized spacial score (nSPS) is 42.4. The van der Waals surface area contributed by atoms with Gasteiger partial charge in [-0.3, -0.25) is 4.57 Å². The summed E-state index contributed by atoms with van der Waals surface area (Å²) in [7, 11) is 0. The molecule has 2 heterocycles. The molecule has 1 aromatic rings. The Kier molecular flexibility index (Phi) is 2.28. The Morgan fingerprint density at radius 3 is 2.83 bits per heavy atom. The van der Waals surface area contributed by atoms with E-state index in [-0.39, 0.29) is 11.7 Å². The Morgan fingerprint density at radius 1 is 1.61 bits per heavy atom. The molecular weight excluding hydrogens is 238 g/mol. The first kappa shape index (κ1) is 11.6. The number of aromatic nitrogens is 2. The van der Waals surface area contributed by atoms with E-state index < -0.39 is 29.7 Å². The first-order valence-corrected chi connectivity index (χ1v) is 5.83. The van der Waals surface area contributed by atoms with E-state index in [2.05, 4.69) is 4.98 Å². The van der Waals surface area contributed by atoms with Crippen LogP contribution in [0.25, 0.3) is 0 Å². The van der Waals surface area contributed by atoms with Gasteiger partial charge in [-0.05, 0) is 18.4 Å². The van der Waals surface area contributed by atoms with Gasteiger partial charge in [-0.1, -0.05) is 6.92 Å². The van der Waals surface area contributed by atoms with E-state index in [4.69, 9.17) is 10.5 Å². The van der Waals surface area contributed by atoms with Crippen molar-refractivity contribution in [2.75, 3.05) is 5.73 Å². The third-order valence-electron chi connectivity index (χ3n) is 4.07. The summed E-state index contributed by atoms with van der Waals surface area (Å²) in [5.41, 5.74) is 4.29. The molecule has 1 spiro atoms. The van der Waals surface area contributed by atoms with Crippen molar-refractivity contribution in [3.05, 3.63) is 22.7 Å². The van der Waals surface area contributed by atoms with Gasteiger partial charge in [0, 0.05) is 11.6 Å². The van der Waals surface area contributed by atoms with Gasteiger partial charge in [-0.2, -0.15) is 4.98 Å². The van der Waals surface area contributed by atoms with Gasteiger partial charge in [0.15, 0.2) is 6.29 Å². The summed E-state index contributed by atoms with van der Waals surface area (Å²) in [6, 6.07) is 1.49. The van der Waals surface area contributed by atoms with Crippen molar-refractivity contribution in [2.24, 2.45) is 11.3 Å². The van der Waals surface area contributed by atoms with Gasteiger partial charge in [-0.15, -0.1) is 0 Å². The summed E-state index contributed by atoms with van der Waals surface area (Å²) in [4.78, 5) is 15.4. The fourth-order valence-corrected chi connectivity index (χ4v) is 2.90. The summed E-state index contributed by atoms with van der Waals surface area (Å²) in [6.07, 6.45) is -0.774. The topological polar surface area (TPSA) is 111 Å². The summed E-state index contributed by atoms with van der Waals surface area (Å²) < 4.78 is 6.59. The lowest BCUT2D eigenvalue weighted by molar-refractivity contribution is -0.142. The molecule has 1 aromatic heterocycles. The van der Waals surface area contributed by atoms with E-state index in [1.807, 2.05) is 6.92 Å². The molecule has 5 unspecified atom stereocenters. The number of aliphatic hydroxyl groups is 2. The van der Waals surface area contributed by atoms with Crippen molar-refractivity contribution in [1.82, 2.24) is 9.55 Å². The molecular formula is C11H15N3O4. The monoisotopic (exact) mass is 253 g/mol. The molecule has 0 bridgehead atoms. The van der Waals surface area contributed by atoms with Gasteiger partial charge < -0.3 is 20.7 Å². The number of anilines is 1. The summed E-state index contributed by atoms with van der Waals surface area (Å²) >= 11 is 0. The minimum Gasteiger partial charge on any atom is -0.387 e. The Morgan fingerprint density at radius 2 is 2.28 bits per heavy atom. The minimum atomic E-state index is -1.27. The Bertz CT molecular complexity index is 545. The molecule has 0 amide bonds. The average molecular weight is 253 g/mol. The van der Waals surface area contributed by atoms with Crippen LogP contribution in [0, 0.1) is 11.3 Å². The maximum Gasteiger partial charge on any atom is 0.351 e. The third-order valence-corrected chi connectivity index (χ3v) is 4.07. The molecule has 1 aliphatic heterocycles. The predicted octanol–water partition coefficient (Wildman–Crippen LogP) is -0.940. The average Bonchev–Trinajstić information content (AvgIpc) is 2.92. The van der Waals surface area contributed by atoms with Crippen molar-refractivity contribution in [1.29, 1.82) is 0 Å². The van der Waals surface area contributed by atoms with Gasteiger partial charge in [0.25, 0.3) is 0 Å². The van der Waals surface area contributed by atoms with Crippen molar-refractivity contribution in [3.63, 3.8) is 0 Å². The molecule has 7 nitrogen and oxygen atoms in total. The SMILES string of the molecule is CC1CC12C(O)C(O)OC2n1ccc(N)nc1=O. The van der Waals surface area contributed by atoms with Crippen LogP contribution in [0.15, 0.2) is 17.1 Å². The van der Waals surface area contributed by atoms with E-state index in [0.717, 1.165) is 0 Å². The number of hydrogen-bond donors (Lipinski definition) is 3. The summed E-state index contributed by atoms with van der Waals surface area (Å²) in [5, 5.41) is 19.6. The molecule has 2 aliphatic rings. The first-order valence-electron chi connectivity index (χ1n) is 5.83. The van der Waals surface area contributed by atoms with Crippen LogP contribution < -0.4 is 11.4 Å². The molecule has 0 radical (unpaired) electrons. The molecule has 2 fully saturated rings. The van der Waals surface area contributed by atoms with Crippen molar-refractivity contribution >= 4 is 5.82 Å². The number of nitrogens with zero attached hydrogens (tertiary/aromatic N) is 2. The second-order valence-corrected chi connectivity index (χ2v) is 5.08. The third kappa shape index (κ3) is 1.35. The number of rotatable bonds is 1. The lowest BCUT2D eigenvalue weighted by Crippen LogP contribution is -2.34. The lowest BCUT2D eigenvalue weighted by atomic mass is 9.96. The first-order chi connectivity index (χ1) is 8.46. The highest BCUT2D eigenvalue weighted by Crippen LogP contribution is 2.65.